The molecule has 0 aliphatic heterocycles. The Morgan fingerprint density at radius 1 is 1.26 bits per heavy atom. The van der Waals surface area contributed by atoms with E-state index in [0.717, 1.165) is 5.69 Å². The molecule has 5 heteroatoms. The maximum absolute atomic E-state index is 14.2. The second-order valence-electron chi connectivity index (χ2n) is 6.78. The summed E-state index contributed by atoms with van der Waals surface area (Å²) >= 11 is 0. The molecule has 23 heavy (non-hydrogen) atoms. The van der Waals surface area contributed by atoms with E-state index in [2.05, 4.69) is 15.3 Å². The van der Waals surface area contributed by atoms with Crippen LogP contribution < -0.4 is 5.32 Å². The highest BCUT2D eigenvalue weighted by atomic mass is 19.1. The van der Waals surface area contributed by atoms with E-state index in [9.17, 15) is 9.18 Å². The average molecular weight is 313 g/mol. The molecular weight excluding hydrogens is 293 g/mol. The lowest BCUT2D eigenvalue weighted by Crippen LogP contribution is -2.38. The van der Waals surface area contributed by atoms with Crippen molar-refractivity contribution in [1.82, 2.24) is 15.3 Å². The Labute approximate surface area is 135 Å². The van der Waals surface area contributed by atoms with Crippen molar-refractivity contribution < 1.29 is 9.18 Å². The third-order valence-corrected chi connectivity index (χ3v) is 4.72. The Morgan fingerprint density at radius 3 is 2.52 bits per heavy atom. The molecule has 1 N–H and O–H groups in total. The number of rotatable bonds is 4. The lowest BCUT2D eigenvalue weighted by Gasteiger charge is -2.21. The number of benzene rings is 1. The van der Waals surface area contributed by atoms with Gasteiger partial charge in [-0.05, 0) is 24.8 Å². The monoisotopic (exact) mass is 313 g/mol. The zero-order valence-electron chi connectivity index (χ0n) is 13.6. The molecule has 1 aliphatic carbocycles. The van der Waals surface area contributed by atoms with Gasteiger partial charge in [-0.3, -0.25) is 14.8 Å². The Kier molecular flexibility index (Phi) is 3.66. The summed E-state index contributed by atoms with van der Waals surface area (Å²) in [7, 11) is 0. The Bertz CT molecular complexity index is 742. The number of halogens is 1. The third-order valence-electron chi connectivity index (χ3n) is 4.72. The summed E-state index contributed by atoms with van der Waals surface area (Å²) < 4.78 is 14.2. The molecule has 1 amide bonds. The average Bonchev–Trinajstić information content (AvgIpc) is 3.10. The van der Waals surface area contributed by atoms with Crippen LogP contribution >= 0.6 is 0 Å². The van der Waals surface area contributed by atoms with Gasteiger partial charge in [-0.25, -0.2) is 4.39 Å². The molecule has 1 atom stereocenters. The second kappa shape index (κ2) is 5.41. The fraction of sp³-hybridized carbons (Fsp3) is 0.389. The second-order valence-corrected chi connectivity index (χ2v) is 6.78. The number of hydrogen-bond acceptors (Lipinski definition) is 3. The van der Waals surface area contributed by atoms with E-state index in [1.165, 1.54) is 6.07 Å². The van der Waals surface area contributed by atoms with Gasteiger partial charge in [-0.15, -0.1) is 0 Å². The van der Waals surface area contributed by atoms with Crippen molar-refractivity contribution in [3.05, 3.63) is 59.4 Å². The fourth-order valence-corrected chi connectivity index (χ4v) is 3.23. The topological polar surface area (TPSA) is 54.9 Å². The van der Waals surface area contributed by atoms with Crippen LogP contribution in [0.3, 0.4) is 0 Å². The molecule has 1 fully saturated rings. The van der Waals surface area contributed by atoms with Crippen molar-refractivity contribution in [2.45, 2.75) is 39.2 Å². The number of nitrogens with one attached hydrogen (secondary N) is 1. The van der Waals surface area contributed by atoms with Gasteiger partial charge in [0.25, 0.3) is 0 Å². The predicted octanol–water partition coefficient (Wildman–Crippen LogP) is 2.91. The van der Waals surface area contributed by atoms with E-state index in [4.69, 9.17) is 0 Å². The summed E-state index contributed by atoms with van der Waals surface area (Å²) in [5.41, 5.74) is 0.907. The molecule has 1 unspecified atom stereocenters. The molecular formula is C18H20FN3O. The van der Waals surface area contributed by atoms with E-state index in [1.807, 2.05) is 20.8 Å². The molecule has 3 rings (SSSR count). The van der Waals surface area contributed by atoms with Crippen molar-refractivity contribution in [2.75, 3.05) is 0 Å². The highest BCUT2D eigenvalue weighted by Crippen LogP contribution is 2.64. The quantitative estimate of drug-likeness (QED) is 0.944. The van der Waals surface area contributed by atoms with Crippen LogP contribution in [-0.4, -0.2) is 15.9 Å². The predicted molar refractivity (Wildman–Crippen MR) is 85.1 cm³/mol. The minimum Gasteiger partial charge on any atom is -0.350 e. The molecule has 0 radical (unpaired) electrons. The van der Waals surface area contributed by atoms with E-state index in [0.29, 0.717) is 24.2 Å². The largest absolute Gasteiger partial charge is 0.350 e. The first kappa shape index (κ1) is 15.6. The first-order chi connectivity index (χ1) is 10.9. The molecule has 1 heterocycles. The van der Waals surface area contributed by atoms with Crippen molar-refractivity contribution in [3.8, 4) is 0 Å². The Morgan fingerprint density at radius 2 is 1.96 bits per heavy atom. The standard InChI is InChI=1S/C18H20FN3O/c1-12-8-21-13(9-20-12)10-22-16(23)18(11-17(18,2)3)14-6-4-5-7-15(14)19/h4-9H,10-11H2,1-3H3,(H,22,23). The van der Waals surface area contributed by atoms with Crippen LogP contribution in [0.25, 0.3) is 0 Å². The third kappa shape index (κ3) is 2.60. The van der Waals surface area contributed by atoms with Crippen LogP contribution in [0.1, 0.15) is 37.2 Å². The molecule has 4 nitrogen and oxygen atoms in total. The molecule has 0 saturated heterocycles. The molecule has 1 aromatic heterocycles. The van der Waals surface area contributed by atoms with Crippen LogP contribution in [0.5, 0.6) is 0 Å². The number of aromatic nitrogens is 2. The summed E-state index contributed by atoms with van der Waals surface area (Å²) in [6, 6.07) is 6.52. The number of carbonyl (C=O) groups excluding carboxylic acids is 1. The number of hydrogen-bond donors (Lipinski definition) is 1. The van der Waals surface area contributed by atoms with E-state index in [1.54, 1.807) is 30.6 Å². The van der Waals surface area contributed by atoms with E-state index < -0.39 is 5.41 Å². The Balaban J connectivity index is 1.81. The van der Waals surface area contributed by atoms with Crippen LogP contribution in [0.2, 0.25) is 0 Å². The Hall–Kier alpha value is -2.30. The lowest BCUT2D eigenvalue weighted by atomic mass is 9.86. The molecule has 1 aliphatic rings. The van der Waals surface area contributed by atoms with Crippen molar-refractivity contribution >= 4 is 5.91 Å². The van der Waals surface area contributed by atoms with Crippen molar-refractivity contribution in [3.63, 3.8) is 0 Å². The lowest BCUT2D eigenvalue weighted by molar-refractivity contribution is -0.124. The fourth-order valence-electron chi connectivity index (χ4n) is 3.23. The molecule has 0 bridgehead atoms. The molecule has 120 valence electrons. The van der Waals surface area contributed by atoms with Crippen LogP contribution in [0.4, 0.5) is 4.39 Å². The summed E-state index contributed by atoms with van der Waals surface area (Å²) in [6.07, 6.45) is 3.94. The van der Waals surface area contributed by atoms with Crippen LogP contribution in [0, 0.1) is 18.2 Å². The van der Waals surface area contributed by atoms with Gasteiger partial charge in [0.2, 0.25) is 5.91 Å². The number of nitrogens with zero attached hydrogens (tertiary/aromatic N) is 2. The van der Waals surface area contributed by atoms with E-state index in [-0.39, 0.29) is 17.1 Å². The smallest absolute Gasteiger partial charge is 0.231 e. The van der Waals surface area contributed by atoms with Gasteiger partial charge in [-0.2, -0.15) is 0 Å². The van der Waals surface area contributed by atoms with Gasteiger partial charge in [0, 0.05) is 11.8 Å². The summed E-state index contributed by atoms with van der Waals surface area (Å²) in [4.78, 5) is 21.2. The zero-order chi connectivity index (χ0) is 16.7. The van der Waals surface area contributed by atoms with Gasteiger partial charge in [0.15, 0.2) is 0 Å². The summed E-state index contributed by atoms with van der Waals surface area (Å²) in [6.45, 7) is 6.13. The number of aryl methyl sites for hydroxylation is 1. The summed E-state index contributed by atoms with van der Waals surface area (Å²) in [5.74, 6) is -0.488. The maximum atomic E-state index is 14.2. The first-order valence-electron chi connectivity index (χ1n) is 7.68. The van der Waals surface area contributed by atoms with Gasteiger partial charge < -0.3 is 5.32 Å². The molecule has 1 aromatic carbocycles. The van der Waals surface area contributed by atoms with Gasteiger partial charge in [-0.1, -0.05) is 32.0 Å². The molecule has 1 saturated carbocycles. The highest BCUT2D eigenvalue weighted by Gasteiger charge is 2.67. The van der Waals surface area contributed by atoms with Crippen molar-refractivity contribution in [1.29, 1.82) is 0 Å². The number of carbonyl (C=O) groups is 1. The van der Waals surface area contributed by atoms with Gasteiger partial charge in [0.05, 0.1) is 29.5 Å². The van der Waals surface area contributed by atoms with Crippen molar-refractivity contribution in [2.24, 2.45) is 5.41 Å². The first-order valence-corrected chi connectivity index (χ1v) is 7.68. The summed E-state index contributed by atoms with van der Waals surface area (Å²) in [5, 5.41) is 2.89. The molecule has 0 spiro atoms. The SMILES string of the molecule is Cc1cnc(CNC(=O)C2(c3ccccc3F)CC2(C)C)cn1. The normalized spacial score (nSPS) is 21.7. The van der Waals surface area contributed by atoms with Gasteiger partial charge in [0.1, 0.15) is 5.82 Å². The van der Waals surface area contributed by atoms with Gasteiger partial charge >= 0.3 is 0 Å². The zero-order valence-corrected chi connectivity index (χ0v) is 13.6. The minimum atomic E-state index is -0.809. The highest BCUT2D eigenvalue weighted by molar-refractivity contribution is 5.93. The van der Waals surface area contributed by atoms with E-state index >= 15 is 0 Å². The minimum absolute atomic E-state index is 0.157. The van der Waals surface area contributed by atoms with Crippen LogP contribution in [-0.2, 0) is 16.8 Å². The van der Waals surface area contributed by atoms with Crippen LogP contribution in [0.15, 0.2) is 36.7 Å². The molecule has 2 aromatic rings. The maximum Gasteiger partial charge on any atom is 0.231 e. The number of amides is 1.